The van der Waals surface area contributed by atoms with Gasteiger partial charge >= 0.3 is 12.2 Å². The maximum Gasteiger partial charge on any atom is 0.416 e. The molecule has 0 spiro atoms. The molecular formula is C27H26F4N8O. The van der Waals surface area contributed by atoms with E-state index in [4.69, 9.17) is 5.73 Å². The van der Waals surface area contributed by atoms with Gasteiger partial charge in [-0.3, -0.25) is 5.32 Å². The molecule has 3 aromatic heterocycles. The number of halogens is 4. The molecule has 208 valence electrons. The van der Waals surface area contributed by atoms with E-state index in [2.05, 4.69) is 30.6 Å². The number of pyridine rings is 1. The molecule has 1 saturated heterocycles. The molecule has 1 aromatic carbocycles. The molecule has 0 atom stereocenters. The van der Waals surface area contributed by atoms with Crippen LogP contribution in [0.4, 0.5) is 39.7 Å². The van der Waals surface area contributed by atoms with E-state index >= 15 is 4.39 Å². The minimum atomic E-state index is -4.59. The van der Waals surface area contributed by atoms with Gasteiger partial charge in [0.15, 0.2) is 5.82 Å². The summed E-state index contributed by atoms with van der Waals surface area (Å²) in [6, 6.07) is 7.50. The van der Waals surface area contributed by atoms with Gasteiger partial charge in [-0.15, -0.1) is 0 Å². The Morgan fingerprint density at radius 3 is 2.48 bits per heavy atom. The van der Waals surface area contributed by atoms with Crippen molar-refractivity contribution < 1.29 is 22.4 Å². The lowest BCUT2D eigenvalue weighted by Gasteiger charge is -2.31. The Morgan fingerprint density at radius 1 is 1.00 bits per heavy atom. The summed E-state index contributed by atoms with van der Waals surface area (Å²) in [4.78, 5) is 22.8. The number of nitrogens with zero attached hydrogens (tertiary/aromatic N) is 5. The maximum atomic E-state index is 15.2. The van der Waals surface area contributed by atoms with Crippen molar-refractivity contribution in [3.8, 4) is 11.1 Å². The molecule has 0 bridgehead atoms. The van der Waals surface area contributed by atoms with Gasteiger partial charge < -0.3 is 16.0 Å². The molecule has 4 aromatic rings. The Morgan fingerprint density at radius 2 is 1.77 bits per heavy atom. The number of likely N-dealkylation sites (tertiary alicyclic amines) is 1. The van der Waals surface area contributed by atoms with Crippen LogP contribution < -0.4 is 16.4 Å². The fourth-order valence-corrected chi connectivity index (χ4v) is 5.33. The van der Waals surface area contributed by atoms with Crippen LogP contribution in [-0.4, -0.2) is 49.6 Å². The number of hydrogen-bond donors (Lipinski definition) is 3. The fraction of sp³-hybridized carbons (Fsp3) is 0.333. The Hall–Kier alpha value is -4.26. The number of piperidine rings is 1. The molecule has 40 heavy (non-hydrogen) atoms. The van der Waals surface area contributed by atoms with Crippen molar-refractivity contribution >= 4 is 28.9 Å². The van der Waals surface area contributed by atoms with Crippen molar-refractivity contribution in [1.29, 1.82) is 0 Å². The van der Waals surface area contributed by atoms with Gasteiger partial charge in [-0.2, -0.15) is 18.3 Å². The predicted octanol–water partition coefficient (Wildman–Crippen LogP) is 5.52. The van der Waals surface area contributed by atoms with Crippen molar-refractivity contribution in [2.75, 3.05) is 29.5 Å². The minimum absolute atomic E-state index is 0.159. The number of nitrogen functional groups attached to an aromatic ring is 1. The third kappa shape index (κ3) is 5.16. The molecular weight excluding hydrogens is 528 g/mol. The summed E-state index contributed by atoms with van der Waals surface area (Å²) in [5.74, 6) is -0.527. The number of nitrogens with one attached hydrogen (secondary N) is 2. The van der Waals surface area contributed by atoms with E-state index in [1.807, 2.05) is 6.07 Å². The summed E-state index contributed by atoms with van der Waals surface area (Å²) in [5, 5.41) is 8.95. The first-order valence-corrected chi connectivity index (χ1v) is 12.9. The molecule has 4 N–H and O–H groups in total. The highest BCUT2D eigenvalue weighted by molar-refractivity contribution is 5.99. The highest BCUT2D eigenvalue weighted by Gasteiger charge is 2.34. The first-order chi connectivity index (χ1) is 19.2. The minimum Gasteiger partial charge on any atom is -0.382 e. The number of anilines is 3. The molecule has 1 aliphatic carbocycles. The van der Waals surface area contributed by atoms with Crippen LogP contribution in [0.1, 0.15) is 42.9 Å². The van der Waals surface area contributed by atoms with E-state index in [0.717, 1.165) is 49.9 Å². The molecule has 1 saturated carbocycles. The molecule has 0 unspecified atom stereocenters. The highest BCUT2D eigenvalue weighted by atomic mass is 19.4. The third-order valence-corrected chi connectivity index (χ3v) is 7.48. The second-order valence-electron chi connectivity index (χ2n) is 10.1. The summed E-state index contributed by atoms with van der Waals surface area (Å²) < 4.78 is 55.7. The first-order valence-electron chi connectivity index (χ1n) is 12.9. The van der Waals surface area contributed by atoms with Crippen LogP contribution in [0.5, 0.6) is 0 Å². The Balaban J connectivity index is 1.23. The molecule has 13 heteroatoms. The average molecular weight is 555 g/mol. The van der Waals surface area contributed by atoms with Gasteiger partial charge in [0, 0.05) is 29.4 Å². The number of rotatable bonds is 5. The SMILES string of the molecule is Nc1ncnn2c(C3CCN(C4CC4)CC3)cc(-c3ccc(NC(=O)Nc4cc(C(F)(F)F)ccn4)c(F)c3)c12. The van der Waals surface area contributed by atoms with E-state index in [1.54, 1.807) is 10.6 Å². The second-order valence-corrected chi connectivity index (χ2v) is 10.1. The normalized spacial score (nSPS) is 16.8. The van der Waals surface area contributed by atoms with Gasteiger partial charge in [0.05, 0.1) is 11.3 Å². The zero-order valence-corrected chi connectivity index (χ0v) is 21.2. The Labute approximate surface area is 226 Å². The van der Waals surface area contributed by atoms with Gasteiger partial charge in [0.1, 0.15) is 23.5 Å². The van der Waals surface area contributed by atoms with Crippen LogP contribution in [0.15, 0.2) is 48.9 Å². The first kappa shape index (κ1) is 26.0. The predicted molar refractivity (Wildman–Crippen MR) is 141 cm³/mol. The second kappa shape index (κ2) is 10.0. The van der Waals surface area contributed by atoms with Crippen LogP contribution in [0.2, 0.25) is 0 Å². The standard InChI is InChI=1S/C27H26F4N8O/c28-20-11-16(1-4-21(20)36-26(40)37-23-12-17(5-8-33-23)27(29,30)31)19-13-22(39-24(19)25(32)34-14-35-39)15-6-9-38(10-7-15)18-2-3-18/h1,4-5,8,11-15,18H,2-3,6-7,9-10H2,(H2,32,34,35)(H2,33,36,37,40). The molecule has 4 heterocycles. The topological polar surface area (TPSA) is 113 Å². The van der Waals surface area contributed by atoms with Crippen molar-refractivity contribution in [2.24, 2.45) is 0 Å². The molecule has 2 amide bonds. The maximum absolute atomic E-state index is 15.2. The zero-order valence-electron chi connectivity index (χ0n) is 21.2. The lowest BCUT2D eigenvalue weighted by molar-refractivity contribution is -0.137. The summed E-state index contributed by atoms with van der Waals surface area (Å²) in [5.41, 5.74) is 7.86. The number of benzene rings is 1. The zero-order chi connectivity index (χ0) is 28.0. The Bertz CT molecular complexity index is 1570. The summed E-state index contributed by atoms with van der Waals surface area (Å²) >= 11 is 0. The van der Waals surface area contributed by atoms with Crippen LogP contribution in [0.3, 0.4) is 0 Å². The quantitative estimate of drug-likeness (QED) is 0.280. The van der Waals surface area contributed by atoms with E-state index in [-0.39, 0.29) is 23.2 Å². The smallest absolute Gasteiger partial charge is 0.382 e. The van der Waals surface area contributed by atoms with Gasteiger partial charge in [0.2, 0.25) is 0 Å². The number of carbonyl (C=O) groups is 1. The number of hydrogen-bond acceptors (Lipinski definition) is 6. The summed E-state index contributed by atoms with van der Waals surface area (Å²) in [6.07, 6.45) is 2.25. The van der Waals surface area contributed by atoms with Crippen LogP contribution >= 0.6 is 0 Å². The van der Waals surface area contributed by atoms with Gasteiger partial charge in [-0.05, 0) is 74.7 Å². The average Bonchev–Trinajstić information content (AvgIpc) is 3.70. The number of carbonyl (C=O) groups excluding carboxylic acids is 1. The molecule has 2 fully saturated rings. The highest BCUT2D eigenvalue weighted by Crippen LogP contribution is 2.39. The van der Waals surface area contributed by atoms with E-state index in [9.17, 15) is 18.0 Å². The van der Waals surface area contributed by atoms with Crippen molar-refractivity contribution in [3.05, 3.63) is 66.0 Å². The lowest BCUT2D eigenvalue weighted by Crippen LogP contribution is -2.34. The van der Waals surface area contributed by atoms with Gasteiger partial charge in [-0.25, -0.2) is 23.7 Å². The largest absolute Gasteiger partial charge is 0.416 e. The van der Waals surface area contributed by atoms with E-state index < -0.39 is 23.6 Å². The van der Waals surface area contributed by atoms with Crippen molar-refractivity contribution in [2.45, 2.75) is 43.8 Å². The van der Waals surface area contributed by atoms with Crippen molar-refractivity contribution in [3.63, 3.8) is 0 Å². The molecule has 6 rings (SSSR count). The molecule has 1 aliphatic heterocycles. The number of alkyl halides is 3. The molecule has 2 aliphatic rings. The van der Waals surface area contributed by atoms with Gasteiger partial charge in [-0.1, -0.05) is 6.07 Å². The monoisotopic (exact) mass is 554 g/mol. The number of urea groups is 1. The number of amides is 2. The number of nitrogens with two attached hydrogens (primary N) is 1. The molecule has 9 nitrogen and oxygen atoms in total. The Kier molecular flexibility index (Phi) is 6.53. The van der Waals surface area contributed by atoms with Crippen molar-refractivity contribution in [1.82, 2.24) is 24.5 Å². The van der Waals surface area contributed by atoms with Crippen LogP contribution in [0.25, 0.3) is 16.6 Å². The summed E-state index contributed by atoms with van der Waals surface area (Å²) in [6.45, 7) is 2.04. The van der Waals surface area contributed by atoms with E-state index in [0.29, 0.717) is 22.7 Å². The fourth-order valence-electron chi connectivity index (χ4n) is 5.33. The van der Waals surface area contributed by atoms with E-state index in [1.165, 1.54) is 31.3 Å². The number of fused-ring (bicyclic) bond motifs is 1. The van der Waals surface area contributed by atoms with Crippen LogP contribution in [-0.2, 0) is 6.18 Å². The number of aromatic nitrogens is 4. The third-order valence-electron chi connectivity index (χ3n) is 7.48. The summed E-state index contributed by atoms with van der Waals surface area (Å²) in [7, 11) is 0. The molecule has 0 radical (unpaired) electrons. The van der Waals surface area contributed by atoms with Gasteiger partial charge in [0.25, 0.3) is 0 Å². The van der Waals surface area contributed by atoms with Crippen LogP contribution in [0, 0.1) is 5.82 Å². The lowest BCUT2D eigenvalue weighted by atomic mass is 9.93.